The SMILES string of the molecule is C[C@H](NC(=O)c1c(CN2CCC(N3CCC(F)(F)C3)CC2)c(-c2cccc(C(F)(F)F)c2)nc2c(S(C)(=O)=O)cccc12)c1ccccc1. The summed E-state index contributed by atoms with van der Waals surface area (Å²) in [6, 6.07) is 17.8. The average molecular weight is 701 g/mol. The van der Waals surface area contributed by atoms with Crippen LogP contribution in [0.25, 0.3) is 22.2 Å². The van der Waals surface area contributed by atoms with E-state index in [2.05, 4.69) is 5.32 Å². The summed E-state index contributed by atoms with van der Waals surface area (Å²) in [5.74, 6) is -3.25. The van der Waals surface area contributed by atoms with E-state index in [1.165, 1.54) is 24.3 Å². The Bertz CT molecular complexity index is 1960. The van der Waals surface area contributed by atoms with Gasteiger partial charge in [-0.15, -0.1) is 0 Å². The highest BCUT2D eigenvalue weighted by Crippen LogP contribution is 2.38. The molecule has 2 fully saturated rings. The second kappa shape index (κ2) is 13.4. The lowest BCUT2D eigenvalue weighted by Gasteiger charge is -2.37. The topological polar surface area (TPSA) is 82.6 Å². The van der Waals surface area contributed by atoms with Gasteiger partial charge in [-0.2, -0.15) is 13.2 Å². The minimum Gasteiger partial charge on any atom is -0.345 e. The number of hydrogen-bond donors (Lipinski definition) is 1. The number of benzene rings is 3. The van der Waals surface area contributed by atoms with Gasteiger partial charge in [0.2, 0.25) is 0 Å². The van der Waals surface area contributed by atoms with Gasteiger partial charge in [-0.25, -0.2) is 22.2 Å². The van der Waals surface area contributed by atoms with Gasteiger partial charge in [0.15, 0.2) is 9.84 Å². The van der Waals surface area contributed by atoms with E-state index in [1.54, 1.807) is 13.0 Å². The molecule has 2 aliphatic rings. The Morgan fingerprint density at radius 2 is 1.69 bits per heavy atom. The molecule has 0 unspecified atom stereocenters. The van der Waals surface area contributed by atoms with Gasteiger partial charge in [-0.1, -0.05) is 54.6 Å². The van der Waals surface area contributed by atoms with Gasteiger partial charge in [-0.3, -0.25) is 14.6 Å². The van der Waals surface area contributed by atoms with Crippen molar-refractivity contribution in [1.29, 1.82) is 0 Å². The Morgan fingerprint density at radius 3 is 2.33 bits per heavy atom. The van der Waals surface area contributed by atoms with E-state index in [4.69, 9.17) is 4.98 Å². The van der Waals surface area contributed by atoms with Crippen LogP contribution in [0.5, 0.6) is 0 Å². The molecule has 2 saturated heterocycles. The summed E-state index contributed by atoms with van der Waals surface area (Å²) in [6.07, 6.45) is -2.63. The third-order valence-corrected chi connectivity index (χ3v) is 10.6. The molecule has 13 heteroatoms. The number of aromatic nitrogens is 1. The lowest BCUT2D eigenvalue weighted by molar-refractivity contribution is -0.137. The molecule has 6 rings (SSSR count). The lowest BCUT2D eigenvalue weighted by atomic mass is 9.93. The average Bonchev–Trinajstić information content (AvgIpc) is 3.43. The molecule has 0 spiro atoms. The van der Waals surface area contributed by atoms with Crippen molar-refractivity contribution in [2.75, 3.05) is 32.4 Å². The normalized spacial score (nSPS) is 18.5. The van der Waals surface area contributed by atoms with Crippen LogP contribution in [-0.2, 0) is 22.6 Å². The minimum absolute atomic E-state index is 0.0210. The van der Waals surface area contributed by atoms with Gasteiger partial charge < -0.3 is 5.32 Å². The van der Waals surface area contributed by atoms with Crippen molar-refractivity contribution in [3.05, 3.63) is 95.1 Å². The monoisotopic (exact) mass is 700 g/mol. The number of fused-ring (bicyclic) bond motifs is 1. The van der Waals surface area contributed by atoms with E-state index < -0.39 is 39.4 Å². The first-order chi connectivity index (χ1) is 23.1. The maximum Gasteiger partial charge on any atom is 0.416 e. The van der Waals surface area contributed by atoms with Crippen molar-refractivity contribution >= 4 is 26.6 Å². The zero-order valence-electron chi connectivity index (χ0n) is 27.1. The molecule has 1 atom stereocenters. The molecule has 49 heavy (non-hydrogen) atoms. The maximum absolute atomic E-state index is 14.4. The zero-order chi connectivity index (χ0) is 35.1. The van der Waals surface area contributed by atoms with Gasteiger partial charge in [0.1, 0.15) is 0 Å². The number of nitrogens with one attached hydrogen (secondary N) is 1. The summed E-state index contributed by atoms with van der Waals surface area (Å²) in [5, 5.41) is 3.26. The predicted molar refractivity (Wildman–Crippen MR) is 177 cm³/mol. The number of pyridine rings is 1. The van der Waals surface area contributed by atoms with Crippen molar-refractivity contribution in [2.45, 2.75) is 61.8 Å². The minimum atomic E-state index is -4.66. The van der Waals surface area contributed by atoms with E-state index >= 15 is 0 Å². The van der Waals surface area contributed by atoms with Gasteiger partial charge >= 0.3 is 6.18 Å². The van der Waals surface area contributed by atoms with E-state index in [0.717, 1.165) is 24.0 Å². The quantitative estimate of drug-likeness (QED) is 0.197. The fourth-order valence-corrected chi connectivity index (χ4v) is 7.76. The number of sulfone groups is 1. The highest BCUT2D eigenvalue weighted by Gasteiger charge is 2.41. The third-order valence-electron chi connectivity index (χ3n) is 9.47. The standard InChI is InChI=1S/C36H37F5N4O3S/c1-23(24-8-4-3-5-9-24)42-34(46)31-28-12-7-13-30(49(2,47)48)33(28)43-32(25-10-6-11-26(20-25)36(39,40)41)29(31)21-44-17-14-27(15-18-44)45-19-16-35(37,38)22-45/h3-13,20,23,27H,14-19,21-22H2,1-2H3,(H,42,46)/t23-/m0/s1. The zero-order valence-corrected chi connectivity index (χ0v) is 27.9. The molecule has 2 aliphatic heterocycles. The Kier molecular flexibility index (Phi) is 9.55. The van der Waals surface area contributed by atoms with Gasteiger partial charge in [0.05, 0.1) is 39.8 Å². The fraction of sp³-hybridized carbons (Fsp3) is 0.389. The highest BCUT2D eigenvalue weighted by molar-refractivity contribution is 7.91. The third kappa shape index (κ3) is 7.63. The van der Waals surface area contributed by atoms with Crippen molar-refractivity contribution < 1.29 is 35.2 Å². The van der Waals surface area contributed by atoms with Crippen molar-refractivity contribution in [3.63, 3.8) is 0 Å². The molecule has 0 aliphatic carbocycles. The van der Waals surface area contributed by atoms with Crippen LogP contribution in [0.2, 0.25) is 0 Å². The summed E-state index contributed by atoms with van der Waals surface area (Å²) >= 11 is 0. The van der Waals surface area contributed by atoms with E-state index in [9.17, 15) is 35.2 Å². The largest absolute Gasteiger partial charge is 0.416 e. The van der Waals surface area contributed by atoms with Gasteiger partial charge in [0.25, 0.3) is 11.8 Å². The van der Waals surface area contributed by atoms with E-state index in [1.807, 2.05) is 40.1 Å². The molecule has 0 bridgehead atoms. The number of rotatable bonds is 8. The van der Waals surface area contributed by atoms with Crippen molar-refractivity contribution in [3.8, 4) is 11.3 Å². The first-order valence-electron chi connectivity index (χ1n) is 16.1. The summed E-state index contributed by atoms with van der Waals surface area (Å²) in [6.45, 7) is 2.95. The molecule has 4 aromatic rings. The number of piperidine rings is 1. The number of carbonyl (C=O) groups is 1. The molecule has 7 nitrogen and oxygen atoms in total. The van der Waals surface area contributed by atoms with Crippen LogP contribution in [0.1, 0.15) is 59.3 Å². The van der Waals surface area contributed by atoms with Gasteiger partial charge in [-0.05, 0) is 56.6 Å². The van der Waals surface area contributed by atoms with E-state index in [-0.39, 0.29) is 58.2 Å². The summed E-state index contributed by atoms with van der Waals surface area (Å²) < 4.78 is 95.6. The molecule has 1 N–H and O–H groups in total. The van der Waals surface area contributed by atoms with Crippen LogP contribution >= 0.6 is 0 Å². The first kappa shape index (κ1) is 34.9. The van der Waals surface area contributed by atoms with Crippen LogP contribution in [0.15, 0.2) is 77.7 Å². The smallest absolute Gasteiger partial charge is 0.345 e. The van der Waals surface area contributed by atoms with E-state index in [0.29, 0.717) is 38.0 Å². The number of carbonyl (C=O) groups excluding carboxylic acids is 1. The molecule has 0 radical (unpaired) electrons. The lowest BCUT2D eigenvalue weighted by Crippen LogP contribution is -2.44. The first-order valence-corrected chi connectivity index (χ1v) is 18.0. The summed E-state index contributed by atoms with van der Waals surface area (Å²) in [5.41, 5.74) is 0.491. The molecule has 3 heterocycles. The number of alkyl halides is 5. The van der Waals surface area contributed by atoms with Crippen LogP contribution in [0.4, 0.5) is 22.0 Å². The molecular weight excluding hydrogens is 663 g/mol. The fourth-order valence-electron chi connectivity index (χ4n) is 6.93. The molecule has 260 valence electrons. The Labute approximate surface area is 282 Å². The molecule has 1 aromatic heterocycles. The van der Waals surface area contributed by atoms with Crippen molar-refractivity contribution in [1.82, 2.24) is 20.1 Å². The van der Waals surface area contributed by atoms with Crippen LogP contribution < -0.4 is 5.32 Å². The van der Waals surface area contributed by atoms with Crippen LogP contribution in [0.3, 0.4) is 0 Å². The van der Waals surface area contributed by atoms with Crippen LogP contribution in [-0.4, -0.2) is 73.5 Å². The molecular formula is C36H37F5N4O3S. The Balaban J connectivity index is 1.49. The molecule has 0 saturated carbocycles. The molecule has 1 amide bonds. The summed E-state index contributed by atoms with van der Waals surface area (Å²) in [7, 11) is -3.87. The number of likely N-dealkylation sites (tertiary alicyclic amines) is 2. The van der Waals surface area contributed by atoms with Crippen LogP contribution in [0, 0.1) is 0 Å². The number of hydrogen-bond acceptors (Lipinski definition) is 6. The number of nitrogens with zero attached hydrogens (tertiary/aromatic N) is 3. The van der Waals surface area contributed by atoms with Gasteiger partial charge in [0, 0.05) is 48.3 Å². The number of amides is 1. The van der Waals surface area contributed by atoms with Crippen molar-refractivity contribution in [2.24, 2.45) is 0 Å². The molecule has 3 aromatic carbocycles. The maximum atomic E-state index is 14.4. The number of para-hydroxylation sites is 1. The second-order valence-electron chi connectivity index (χ2n) is 13.0. The summed E-state index contributed by atoms with van der Waals surface area (Å²) in [4.78, 5) is 22.8. The Hall–Kier alpha value is -3.94. The number of halogens is 5. The second-order valence-corrected chi connectivity index (χ2v) is 15.0. The highest BCUT2D eigenvalue weighted by atomic mass is 32.2. The predicted octanol–water partition coefficient (Wildman–Crippen LogP) is 7.12. The Morgan fingerprint density at radius 1 is 1.00 bits per heavy atom.